The molecule has 0 bridgehead atoms. The standard InChI is InChI=1S/C34H45NO4S/c1-6-8-19-34(20-9-7-2)24-29(26-13-11-10-12-14-26)28-22-30(35(3)4)31(36)23-32(28)40(37,38)33(34)21-25-15-17-27(39-5)18-16-25/h10-18,22-23,29,33,36H,6-9,19-21,24H2,1-5H3. The molecular formula is C34H45NO4S. The van der Waals surface area contributed by atoms with Crippen LogP contribution in [0.2, 0.25) is 0 Å². The molecular weight excluding hydrogens is 518 g/mol. The van der Waals surface area contributed by atoms with Crippen LogP contribution in [0.1, 0.15) is 81.4 Å². The second-order valence-electron chi connectivity index (χ2n) is 11.6. The minimum Gasteiger partial charge on any atom is -0.506 e. The van der Waals surface area contributed by atoms with E-state index in [1.54, 1.807) is 7.11 Å². The molecule has 0 radical (unpaired) electrons. The number of rotatable bonds is 11. The van der Waals surface area contributed by atoms with Gasteiger partial charge in [0.25, 0.3) is 0 Å². The zero-order valence-electron chi connectivity index (χ0n) is 24.7. The summed E-state index contributed by atoms with van der Waals surface area (Å²) in [5.41, 5.74) is 3.12. The molecule has 5 nitrogen and oxygen atoms in total. The van der Waals surface area contributed by atoms with Crippen LogP contribution in [0.3, 0.4) is 0 Å². The minimum absolute atomic E-state index is 0.00282. The average Bonchev–Trinajstić information content (AvgIpc) is 3.03. The van der Waals surface area contributed by atoms with Gasteiger partial charge in [-0.1, -0.05) is 82.0 Å². The third kappa shape index (κ3) is 6.02. The number of hydrogen-bond donors (Lipinski definition) is 1. The van der Waals surface area contributed by atoms with Crippen molar-refractivity contribution in [1.29, 1.82) is 0 Å². The van der Waals surface area contributed by atoms with Gasteiger partial charge in [0.05, 0.1) is 22.9 Å². The van der Waals surface area contributed by atoms with Gasteiger partial charge in [0.1, 0.15) is 11.5 Å². The van der Waals surface area contributed by atoms with E-state index in [2.05, 4.69) is 26.0 Å². The lowest BCUT2D eigenvalue weighted by Gasteiger charge is -2.41. The first kappa shape index (κ1) is 30.0. The zero-order chi connectivity index (χ0) is 28.9. The lowest BCUT2D eigenvalue weighted by Crippen LogP contribution is -2.42. The highest BCUT2D eigenvalue weighted by atomic mass is 32.2. The van der Waals surface area contributed by atoms with Crippen molar-refractivity contribution in [3.05, 3.63) is 83.4 Å². The Bertz CT molecular complexity index is 1360. The second kappa shape index (κ2) is 12.7. The Labute approximate surface area is 241 Å². The number of fused-ring (bicyclic) bond motifs is 1. The van der Waals surface area contributed by atoms with Crippen molar-refractivity contribution >= 4 is 15.5 Å². The number of phenols is 1. The highest BCUT2D eigenvalue weighted by Gasteiger charge is 2.51. The minimum atomic E-state index is -3.82. The van der Waals surface area contributed by atoms with Gasteiger partial charge in [-0.2, -0.15) is 0 Å². The fraction of sp³-hybridized carbons (Fsp3) is 0.471. The molecule has 2 unspecified atom stereocenters. The quantitative estimate of drug-likeness (QED) is 0.258. The lowest BCUT2D eigenvalue weighted by atomic mass is 9.66. The Morgan fingerprint density at radius 2 is 1.57 bits per heavy atom. The summed E-state index contributed by atoms with van der Waals surface area (Å²) in [6, 6.07) is 21.6. The summed E-state index contributed by atoms with van der Waals surface area (Å²) in [6.45, 7) is 4.37. The largest absolute Gasteiger partial charge is 0.506 e. The first-order valence-electron chi connectivity index (χ1n) is 14.6. The SMILES string of the molecule is CCCCC1(CCCC)CC(c2ccccc2)c2cc(N(C)C)c(O)cc2S(=O)(=O)C1Cc1ccc(OC)cc1. The van der Waals surface area contributed by atoms with Gasteiger partial charge in [-0.05, 0) is 66.0 Å². The molecule has 4 rings (SSSR count). The van der Waals surface area contributed by atoms with Crippen LogP contribution in [-0.4, -0.2) is 40.0 Å². The first-order chi connectivity index (χ1) is 19.2. The molecule has 6 heteroatoms. The predicted octanol–water partition coefficient (Wildman–Crippen LogP) is 7.75. The highest BCUT2D eigenvalue weighted by Crippen LogP contribution is 2.54. The van der Waals surface area contributed by atoms with E-state index in [9.17, 15) is 13.5 Å². The van der Waals surface area contributed by atoms with Gasteiger partial charge in [0, 0.05) is 26.1 Å². The van der Waals surface area contributed by atoms with E-state index >= 15 is 0 Å². The fourth-order valence-corrected chi connectivity index (χ4v) is 9.09. The molecule has 2 atom stereocenters. The topological polar surface area (TPSA) is 66.8 Å². The van der Waals surface area contributed by atoms with Crippen molar-refractivity contribution < 1.29 is 18.3 Å². The van der Waals surface area contributed by atoms with Crippen molar-refractivity contribution in [2.75, 3.05) is 26.1 Å². The van der Waals surface area contributed by atoms with E-state index in [-0.39, 0.29) is 16.6 Å². The summed E-state index contributed by atoms with van der Waals surface area (Å²) >= 11 is 0. The molecule has 1 aliphatic rings. The summed E-state index contributed by atoms with van der Waals surface area (Å²) in [7, 11) is 1.58. The summed E-state index contributed by atoms with van der Waals surface area (Å²) in [5.74, 6) is 0.656. The van der Waals surface area contributed by atoms with Crippen LogP contribution < -0.4 is 9.64 Å². The summed E-state index contributed by atoms with van der Waals surface area (Å²) in [6.07, 6.45) is 6.86. The van der Waals surface area contributed by atoms with Crippen molar-refractivity contribution in [1.82, 2.24) is 0 Å². The number of anilines is 1. The van der Waals surface area contributed by atoms with Gasteiger partial charge in [-0.25, -0.2) is 8.42 Å². The average molecular weight is 564 g/mol. The molecule has 216 valence electrons. The maximum atomic E-state index is 15.0. The van der Waals surface area contributed by atoms with Crippen LogP contribution in [0.15, 0.2) is 71.6 Å². The summed E-state index contributed by atoms with van der Waals surface area (Å²) in [5, 5.41) is 10.4. The fourth-order valence-electron chi connectivity index (χ4n) is 6.57. The molecule has 0 fully saturated rings. The van der Waals surface area contributed by atoms with E-state index in [1.165, 1.54) is 6.07 Å². The van der Waals surface area contributed by atoms with Gasteiger partial charge < -0.3 is 14.7 Å². The zero-order valence-corrected chi connectivity index (χ0v) is 25.5. The highest BCUT2D eigenvalue weighted by molar-refractivity contribution is 7.92. The van der Waals surface area contributed by atoms with E-state index in [1.807, 2.05) is 67.5 Å². The number of phenolic OH excluding ortho intramolecular Hbond substituents is 1. The van der Waals surface area contributed by atoms with Crippen LogP contribution >= 0.6 is 0 Å². The predicted molar refractivity (Wildman–Crippen MR) is 164 cm³/mol. The summed E-state index contributed by atoms with van der Waals surface area (Å²) in [4.78, 5) is 2.13. The molecule has 3 aromatic rings. The van der Waals surface area contributed by atoms with Gasteiger partial charge in [-0.3, -0.25) is 0 Å². The molecule has 1 aliphatic heterocycles. The molecule has 0 spiro atoms. The Hall–Kier alpha value is -2.99. The molecule has 0 saturated heterocycles. The van der Waals surface area contributed by atoms with E-state index in [0.717, 1.165) is 67.4 Å². The number of aromatic hydroxyl groups is 1. The normalized spacial score (nSPS) is 19.4. The molecule has 1 heterocycles. The number of hydrogen-bond acceptors (Lipinski definition) is 5. The monoisotopic (exact) mass is 563 g/mol. The van der Waals surface area contributed by atoms with Crippen molar-refractivity contribution in [2.24, 2.45) is 5.41 Å². The molecule has 0 aliphatic carbocycles. The number of methoxy groups -OCH3 is 1. The maximum Gasteiger partial charge on any atom is 0.182 e. The smallest absolute Gasteiger partial charge is 0.182 e. The molecule has 3 aromatic carbocycles. The van der Waals surface area contributed by atoms with Crippen LogP contribution in [0.5, 0.6) is 11.5 Å². The second-order valence-corrected chi connectivity index (χ2v) is 13.7. The number of nitrogens with zero attached hydrogens (tertiary/aromatic N) is 1. The molecule has 1 N–H and O–H groups in total. The van der Waals surface area contributed by atoms with E-state index in [4.69, 9.17) is 4.74 Å². The Morgan fingerprint density at radius 1 is 0.950 bits per heavy atom. The number of ether oxygens (including phenoxy) is 1. The molecule has 0 amide bonds. The van der Waals surface area contributed by atoms with Crippen LogP contribution in [0, 0.1) is 5.41 Å². The molecule has 0 saturated carbocycles. The molecule has 40 heavy (non-hydrogen) atoms. The Kier molecular flexibility index (Phi) is 9.50. The van der Waals surface area contributed by atoms with Gasteiger partial charge in [-0.15, -0.1) is 0 Å². The van der Waals surface area contributed by atoms with Crippen molar-refractivity contribution in [3.8, 4) is 11.5 Å². The lowest BCUT2D eigenvalue weighted by molar-refractivity contribution is 0.185. The third-order valence-electron chi connectivity index (χ3n) is 8.78. The third-order valence-corrected chi connectivity index (χ3v) is 11.2. The molecule has 0 aromatic heterocycles. The van der Waals surface area contributed by atoms with Crippen LogP contribution in [-0.2, 0) is 16.3 Å². The van der Waals surface area contributed by atoms with Crippen LogP contribution in [0.4, 0.5) is 5.69 Å². The van der Waals surface area contributed by atoms with Crippen molar-refractivity contribution in [2.45, 2.75) is 81.3 Å². The number of sulfone groups is 1. The van der Waals surface area contributed by atoms with Gasteiger partial charge >= 0.3 is 0 Å². The van der Waals surface area contributed by atoms with E-state index in [0.29, 0.717) is 12.1 Å². The Balaban J connectivity index is 2.01. The Morgan fingerprint density at radius 3 is 2.12 bits per heavy atom. The summed E-state index contributed by atoms with van der Waals surface area (Å²) < 4.78 is 35.3. The van der Waals surface area contributed by atoms with Gasteiger partial charge in [0.15, 0.2) is 9.84 Å². The van der Waals surface area contributed by atoms with Crippen LogP contribution in [0.25, 0.3) is 0 Å². The van der Waals surface area contributed by atoms with Crippen molar-refractivity contribution in [3.63, 3.8) is 0 Å². The first-order valence-corrected chi connectivity index (χ1v) is 16.2. The maximum absolute atomic E-state index is 15.0. The van der Waals surface area contributed by atoms with E-state index < -0.39 is 20.5 Å². The van der Waals surface area contributed by atoms with Gasteiger partial charge in [0.2, 0.25) is 0 Å². The number of benzene rings is 3. The number of unbranched alkanes of at least 4 members (excludes halogenated alkanes) is 2.